The van der Waals surface area contributed by atoms with E-state index in [4.69, 9.17) is 9.47 Å². The van der Waals surface area contributed by atoms with E-state index in [0.29, 0.717) is 13.2 Å². The molecule has 0 aromatic carbocycles. The van der Waals surface area contributed by atoms with Gasteiger partial charge in [-0.2, -0.15) is 0 Å². The van der Waals surface area contributed by atoms with Crippen molar-refractivity contribution >= 4 is 5.97 Å². The number of esters is 1. The van der Waals surface area contributed by atoms with Crippen molar-refractivity contribution in [2.45, 2.75) is 45.6 Å². The van der Waals surface area contributed by atoms with Gasteiger partial charge in [0.1, 0.15) is 5.60 Å². The van der Waals surface area contributed by atoms with Gasteiger partial charge >= 0.3 is 5.97 Å². The van der Waals surface area contributed by atoms with Gasteiger partial charge in [-0.1, -0.05) is 0 Å². The van der Waals surface area contributed by atoms with Crippen LogP contribution in [0.2, 0.25) is 0 Å². The van der Waals surface area contributed by atoms with Crippen LogP contribution in [-0.4, -0.2) is 36.5 Å². The standard InChI is InChI=1S/C12H22O4/c1-11(2,3)16-10(14)8-12(9-13)4-6-15-7-5-12/h13H,4-9H2,1-3H3. The predicted molar refractivity (Wildman–Crippen MR) is 60.0 cm³/mol. The number of aliphatic hydroxyl groups excluding tert-OH is 1. The molecule has 0 unspecified atom stereocenters. The van der Waals surface area contributed by atoms with Crippen LogP contribution in [-0.2, 0) is 14.3 Å². The van der Waals surface area contributed by atoms with E-state index < -0.39 is 5.60 Å². The summed E-state index contributed by atoms with van der Waals surface area (Å²) in [5.41, 5.74) is -0.792. The molecule has 4 heteroatoms. The smallest absolute Gasteiger partial charge is 0.306 e. The third-order valence-corrected chi connectivity index (χ3v) is 2.83. The molecular weight excluding hydrogens is 208 g/mol. The van der Waals surface area contributed by atoms with E-state index >= 15 is 0 Å². The molecule has 1 aliphatic rings. The van der Waals surface area contributed by atoms with Crippen molar-refractivity contribution in [3.8, 4) is 0 Å². The molecule has 1 rings (SSSR count). The minimum absolute atomic E-state index is 0.0234. The van der Waals surface area contributed by atoms with Crippen LogP contribution in [0.15, 0.2) is 0 Å². The molecule has 1 saturated heterocycles. The van der Waals surface area contributed by atoms with E-state index in [1.165, 1.54) is 0 Å². The first-order valence-corrected chi connectivity index (χ1v) is 5.77. The third kappa shape index (κ3) is 4.10. The minimum Gasteiger partial charge on any atom is -0.460 e. The minimum atomic E-state index is -0.459. The first-order chi connectivity index (χ1) is 7.37. The predicted octanol–water partition coefficient (Wildman–Crippen LogP) is 1.51. The van der Waals surface area contributed by atoms with Gasteiger partial charge in [0, 0.05) is 25.2 Å². The fraction of sp³-hybridized carbons (Fsp3) is 0.917. The summed E-state index contributed by atoms with van der Waals surface area (Å²) in [7, 11) is 0. The van der Waals surface area contributed by atoms with Gasteiger partial charge in [0.05, 0.1) is 6.42 Å². The maximum atomic E-state index is 11.7. The Bertz CT molecular complexity index is 236. The molecule has 0 bridgehead atoms. The molecule has 1 heterocycles. The van der Waals surface area contributed by atoms with Crippen LogP contribution in [0.1, 0.15) is 40.0 Å². The zero-order valence-corrected chi connectivity index (χ0v) is 10.4. The molecular formula is C12H22O4. The van der Waals surface area contributed by atoms with Gasteiger partial charge in [-0.3, -0.25) is 4.79 Å². The van der Waals surface area contributed by atoms with Crippen LogP contribution in [0, 0.1) is 5.41 Å². The van der Waals surface area contributed by atoms with Crippen molar-refractivity contribution in [2.24, 2.45) is 5.41 Å². The Morgan fingerprint density at radius 1 is 1.38 bits per heavy atom. The lowest BCUT2D eigenvalue weighted by molar-refractivity contribution is -0.160. The van der Waals surface area contributed by atoms with Crippen molar-refractivity contribution in [1.29, 1.82) is 0 Å². The van der Waals surface area contributed by atoms with E-state index in [1.54, 1.807) is 0 Å². The summed E-state index contributed by atoms with van der Waals surface area (Å²) in [4.78, 5) is 11.7. The van der Waals surface area contributed by atoms with E-state index in [9.17, 15) is 9.90 Å². The lowest BCUT2D eigenvalue weighted by Gasteiger charge is -2.35. The molecule has 0 atom stereocenters. The summed E-state index contributed by atoms with van der Waals surface area (Å²) in [5.74, 6) is -0.233. The summed E-state index contributed by atoms with van der Waals surface area (Å²) < 4.78 is 10.5. The third-order valence-electron chi connectivity index (χ3n) is 2.83. The number of hydrogen-bond donors (Lipinski definition) is 1. The zero-order chi connectivity index (χ0) is 12.2. The van der Waals surface area contributed by atoms with Gasteiger partial charge in [0.2, 0.25) is 0 Å². The maximum absolute atomic E-state index is 11.7. The second-order valence-corrected chi connectivity index (χ2v) is 5.53. The average molecular weight is 230 g/mol. The number of aliphatic hydroxyl groups is 1. The van der Waals surface area contributed by atoms with Crippen LogP contribution < -0.4 is 0 Å². The van der Waals surface area contributed by atoms with Gasteiger partial charge < -0.3 is 14.6 Å². The second kappa shape index (κ2) is 5.15. The fourth-order valence-electron chi connectivity index (χ4n) is 1.88. The van der Waals surface area contributed by atoms with Gasteiger partial charge in [0.25, 0.3) is 0 Å². The summed E-state index contributed by atoms with van der Waals surface area (Å²) in [6, 6.07) is 0. The quantitative estimate of drug-likeness (QED) is 0.747. The van der Waals surface area contributed by atoms with Crippen LogP contribution in [0.25, 0.3) is 0 Å². The van der Waals surface area contributed by atoms with Crippen LogP contribution in [0.3, 0.4) is 0 Å². The van der Waals surface area contributed by atoms with Crippen LogP contribution in [0.5, 0.6) is 0 Å². The Kier molecular flexibility index (Phi) is 4.33. The Morgan fingerprint density at radius 3 is 2.38 bits per heavy atom. The van der Waals surface area contributed by atoms with E-state index in [1.807, 2.05) is 20.8 Å². The molecule has 0 amide bonds. The molecule has 0 saturated carbocycles. The van der Waals surface area contributed by atoms with Crippen molar-refractivity contribution in [2.75, 3.05) is 19.8 Å². The lowest BCUT2D eigenvalue weighted by Crippen LogP contribution is -2.37. The summed E-state index contributed by atoms with van der Waals surface area (Å²) in [5, 5.41) is 9.43. The molecule has 1 aliphatic heterocycles. The molecule has 1 N–H and O–H groups in total. The van der Waals surface area contributed by atoms with E-state index in [0.717, 1.165) is 12.8 Å². The lowest BCUT2D eigenvalue weighted by atomic mass is 9.78. The average Bonchev–Trinajstić information content (AvgIpc) is 2.16. The highest BCUT2D eigenvalue weighted by Crippen LogP contribution is 2.34. The number of hydrogen-bond acceptors (Lipinski definition) is 4. The van der Waals surface area contributed by atoms with Crippen LogP contribution in [0.4, 0.5) is 0 Å². The molecule has 0 aromatic rings. The normalized spacial score (nSPS) is 20.5. The van der Waals surface area contributed by atoms with Crippen molar-refractivity contribution in [3.63, 3.8) is 0 Å². The molecule has 1 fully saturated rings. The Labute approximate surface area is 96.9 Å². The van der Waals surface area contributed by atoms with Gasteiger partial charge in [-0.05, 0) is 33.6 Å². The highest BCUT2D eigenvalue weighted by Gasteiger charge is 2.35. The molecule has 4 nitrogen and oxygen atoms in total. The van der Waals surface area contributed by atoms with Gasteiger partial charge in [-0.15, -0.1) is 0 Å². The second-order valence-electron chi connectivity index (χ2n) is 5.53. The first kappa shape index (κ1) is 13.5. The molecule has 16 heavy (non-hydrogen) atoms. The monoisotopic (exact) mass is 230 g/mol. The molecule has 94 valence electrons. The first-order valence-electron chi connectivity index (χ1n) is 5.77. The number of rotatable bonds is 3. The molecule has 0 aliphatic carbocycles. The van der Waals surface area contributed by atoms with Crippen molar-refractivity contribution in [3.05, 3.63) is 0 Å². The van der Waals surface area contributed by atoms with Gasteiger partial charge in [0.15, 0.2) is 0 Å². The Morgan fingerprint density at radius 2 is 1.94 bits per heavy atom. The highest BCUT2D eigenvalue weighted by atomic mass is 16.6. The van der Waals surface area contributed by atoms with Crippen molar-refractivity contribution in [1.82, 2.24) is 0 Å². The van der Waals surface area contributed by atoms with E-state index in [-0.39, 0.29) is 24.4 Å². The summed E-state index contributed by atoms with van der Waals surface area (Å²) in [6.45, 7) is 6.80. The SMILES string of the molecule is CC(C)(C)OC(=O)CC1(CO)CCOCC1. The molecule has 0 spiro atoms. The zero-order valence-electron chi connectivity index (χ0n) is 10.4. The molecule has 0 aromatic heterocycles. The largest absolute Gasteiger partial charge is 0.460 e. The van der Waals surface area contributed by atoms with Gasteiger partial charge in [-0.25, -0.2) is 0 Å². The number of carbonyl (C=O) groups is 1. The Balaban J connectivity index is 2.52. The Hall–Kier alpha value is -0.610. The maximum Gasteiger partial charge on any atom is 0.306 e. The number of ether oxygens (including phenoxy) is 2. The van der Waals surface area contributed by atoms with Crippen LogP contribution >= 0.6 is 0 Å². The number of carbonyl (C=O) groups excluding carboxylic acids is 1. The summed E-state index contributed by atoms with van der Waals surface area (Å²) in [6.07, 6.45) is 1.73. The van der Waals surface area contributed by atoms with E-state index in [2.05, 4.69) is 0 Å². The highest BCUT2D eigenvalue weighted by molar-refractivity contribution is 5.70. The topological polar surface area (TPSA) is 55.8 Å². The van der Waals surface area contributed by atoms with Crippen molar-refractivity contribution < 1.29 is 19.4 Å². The molecule has 0 radical (unpaired) electrons. The fourth-order valence-corrected chi connectivity index (χ4v) is 1.88. The summed E-state index contributed by atoms with van der Waals surface area (Å²) >= 11 is 0.